The summed E-state index contributed by atoms with van der Waals surface area (Å²) < 4.78 is 0. The number of hydrogen-bond donors (Lipinski definition) is 2. The molecular formula is C16H18N4O3S. The number of hydrogen-bond acceptors (Lipinski definition) is 6. The zero-order valence-electron chi connectivity index (χ0n) is 13.0. The van der Waals surface area contributed by atoms with Gasteiger partial charge in [-0.15, -0.1) is 10.2 Å². The van der Waals surface area contributed by atoms with E-state index in [1.54, 1.807) is 16.8 Å². The molecule has 0 unspecified atom stereocenters. The second kappa shape index (κ2) is 6.96. The lowest BCUT2D eigenvalue weighted by molar-refractivity contribution is -0.123. The van der Waals surface area contributed by atoms with E-state index >= 15 is 0 Å². The Bertz CT molecular complexity index is 712. The highest BCUT2D eigenvalue weighted by molar-refractivity contribution is 7.13. The van der Waals surface area contributed by atoms with Crippen molar-refractivity contribution >= 4 is 34.5 Å². The molecule has 0 saturated carbocycles. The van der Waals surface area contributed by atoms with Crippen LogP contribution in [0.25, 0.3) is 0 Å². The number of carboxylic acid groups (broad SMARTS) is 1. The van der Waals surface area contributed by atoms with Crippen molar-refractivity contribution in [3.8, 4) is 0 Å². The first-order valence-corrected chi connectivity index (χ1v) is 8.55. The monoisotopic (exact) mass is 346 g/mol. The summed E-state index contributed by atoms with van der Waals surface area (Å²) in [4.78, 5) is 22.7. The van der Waals surface area contributed by atoms with Crippen LogP contribution in [0.3, 0.4) is 0 Å². The molecule has 2 aliphatic heterocycles. The van der Waals surface area contributed by atoms with Gasteiger partial charge < -0.3 is 15.3 Å². The first kappa shape index (κ1) is 16.4. The van der Waals surface area contributed by atoms with Gasteiger partial charge in [-0.3, -0.25) is 9.59 Å². The number of aromatic nitrogens is 2. The van der Waals surface area contributed by atoms with E-state index in [1.807, 2.05) is 12.1 Å². The number of para-hydroxylation sites is 1. The molecule has 2 aromatic rings. The van der Waals surface area contributed by atoms with Crippen molar-refractivity contribution in [3.05, 3.63) is 35.3 Å². The van der Waals surface area contributed by atoms with Crippen LogP contribution in [0.4, 0.5) is 10.8 Å². The molecule has 2 aliphatic rings. The fourth-order valence-electron chi connectivity index (χ4n) is 3.53. The van der Waals surface area contributed by atoms with Gasteiger partial charge in [-0.05, 0) is 24.5 Å². The van der Waals surface area contributed by atoms with Gasteiger partial charge in [0.05, 0.1) is 0 Å². The van der Waals surface area contributed by atoms with Gasteiger partial charge in [-0.1, -0.05) is 29.5 Å². The van der Waals surface area contributed by atoms with Gasteiger partial charge in [-0.2, -0.15) is 0 Å². The highest BCUT2D eigenvalue weighted by Gasteiger charge is 2.42. The molecule has 7 nitrogen and oxygen atoms in total. The Labute approximate surface area is 143 Å². The number of carbonyl (C=O) groups excluding carboxylic acids is 1. The van der Waals surface area contributed by atoms with Crippen LogP contribution in [0.15, 0.2) is 29.8 Å². The van der Waals surface area contributed by atoms with Gasteiger partial charge in [0.2, 0.25) is 11.0 Å². The summed E-state index contributed by atoms with van der Waals surface area (Å²) >= 11 is 1.58. The van der Waals surface area contributed by atoms with Crippen molar-refractivity contribution in [2.24, 2.45) is 0 Å². The number of amides is 1. The summed E-state index contributed by atoms with van der Waals surface area (Å²) in [6, 6.07) is 8.21. The number of anilines is 2. The Morgan fingerprint density at radius 1 is 1.29 bits per heavy atom. The lowest BCUT2D eigenvalue weighted by Gasteiger charge is -2.44. The molecule has 1 aromatic heterocycles. The summed E-state index contributed by atoms with van der Waals surface area (Å²) in [5, 5.41) is 18.9. The van der Waals surface area contributed by atoms with E-state index in [-0.39, 0.29) is 17.8 Å². The number of fused-ring (bicyclic) bond motifs is 2. The second-order valence-electron chi connectivity index (χ2n) is 5.86. The lowest BCUT2D eigenvalue weighted by atomic mass is 9.68. The van der Waals surface area contributed by atoms with E-state index < -0.39 is 0 Å². The van der Waals surface area contributed by atoms with Crippen LogP contribution in [0, 0.1) is 0 Å². The van der Waals surface area contributed by atoms with Gasteiger partial charge in [-0.25, -0.2) is 0 Å². The molecule has 3 heterocycles. The topological polar surface area (TPSA) is 95.4 Å². The smallest absolute Gasteiger partial charge is 0.290 e. The average molecular weight is 346 g/mol. The van der Waals surface area contributed by atoms with E-state index in [0.29, 0.717) is 6.42 Å². The third-order valence-corrected chi connectivity index (χ3v) is 5.36. The molecule has 0 bridgehead atoms. The molecule has 0 atom stereocenters. The molecule has 1 aromatic carbocycles. The van der Waals surface area contributed by atoms with Gasteiger partial charge in [0.1, 0.15) is 5.51 Å². The first-order chi connectivity index (χ1) is 11.7. The predicted octanol–water partition coefficient (Wildman–Crippen LogP) is 2.12. The number of nitrogens with one attached hydrogen (secondary N) is 1. The minimum absolute atomic E-state index is 0.0138. The molecule has 1 fully saturated rings. The largest absolute Gasteiger partial charge is 0.483 e. The number of piperidine rings is 1. The van der Waals surface area contributed by atoms with Crippen molar-refractivity contribution < 1.29 is 14.7 Å². The van der Waals surface area contributed by atoms with Crippen molar-refractivity contribution in [3.63, 3.8) is 0 Å². The standard InChI is InChI=1S/C15H16N4OS.CH2O2/c20-13-9-15(11-3-1-2-4-12(11)17-13)5-7-19(8-6-15)14-18-16-10-21-14;2-1-3/h1-4,10H,5-9H2,(H,17,20);1H,(H,2,3). The molecule has 1 saturated heterocycles. The van der Waals surface area contributed by atoms with Crippen LogP contribution < -0.4 is 10.2 Å². The molecule has 0 radical (unpaired) electrons. The van der Waals surface area contributed by atoms with E-state index in [9.17, 15) is 4.79 Å². The number of rotatable bonds is 1. The molecule has 1 spiro atoms. The number of carbonyl (C=O) groups is 2. The summed E-state index contributed by atoms with van der Waals surface area (Å²) in [6.07, 6.45) is 2.56. The third-order valence-electron chi connectivity index (χ3n) is 4.61. The van der Waals surface area contributed by atoms with E-state index in [0.717, 1.165) is 36.8 Å². The summed E-state index contributed by atoms with van der Waals surface area (Å²) in [7, 11) is 0. The van der Waals surface area contributed by atoms with Crippen LogP contribution >= 0.6 is 11.3 Å². The van der Waals surface area contributed by atoms with Crippen molar-refractivity contribution in [1.82, 2.24) is 10.2 Å². The molecule has 0 aliphatic carbocycles. The Kier molecular flexibility index (Phi) is 4.75. The highest BCUT2D eigenvalue weighted by atomic mass is 32.1. The minimum Gasteiger partial charge on any atom is -0.483 e. The van der Waals surface area contributed by atoms with Crippen LogP contribution in [0.5, 0.6) is 0 Å². The van der Waals surface area contributed by atoms with Crippen LogP contribution in [0.2, 0.25) is 0 Å². The Balaban J connectivity index is 0.000000526. The van der Waals surface area contributed by atoms with E-state index in [1.165, 1.54) is 5.56 Å². The highest BCUT2D eigenvalue weighted by Crippen LogP contribution is 2.45. The second-order valence-corrected chi connectivity index (χ2v) is 6.68. The molecular weight excluding hydrogens is 328 g/mol. The molecule has 4 rings (SSSR count). The minimum atomic E-state index is -0.250. The molecule has 8 heteroatoms. The van der Waals surface area contributed by atoms with Crippen LogP contribution in [-0.4, -0.2) is 40.8 Å². The molecule has 24 heavy (non-hydrogen) atoms. The normalized spacial score (nSPS) is 18.2. The van der Waals surface area contributed by atoms with Crippen molar-refractivity contribution in [1.29, 1.82) is 0 Å². The molecule has 1 amide bonds. The van der Waals surface area contributed by atoms with Crippen LogP contribution in [-0.2, 0) is 15.0 Å². The summed E-state index contributed by atoms with van der Waals surface area (Å²) in [5.74, 6) is 0.137. The van der Waals surface area contributed by atoms with Gasteiger partial charge in [0.25, 0.3) is 6.47 Å². The first-order valence-electron chi connectivity index (χ1n) is 7.67. The zero-order valence-corrected chi connectivity index (χ0v) is 13.8. The summed E-state index contributed by atoms with van der Waals surface area (Å²) in [5.41, 5.74) is 4.03. The maximum atomic E-state index is 12.1. The Hall–Kier alpha value is -2.48. The summed E-state index contributed by atoms with van der Waals surface area (Å²) in [6.45, 7) is 1.60. The van der Waals surface area contributed by atoms with Gasteiger partial charge in [0.15, 0.2) is 0 Å². The van der Waals surface area contributed by atoms with Crippen molar-refractivity contribution in [2.75, 3.05) is 23.3 Å². The predicted molar refractivity (Wildman–Crippen MR) is 91.4 cm³/mol. The fraction of sp³-hybridized carbons (Fsp3) is 0.375. The lowest BCUT2D eigenvalue weighted by Crippen LogP contribution is -2.46. The molecule has 126 valence electrons. The van der Waals surface area contributed by atoms with E-state index in [4.69, 9.17) is 9.90 Å². The van der Waals surface area contributed by atoms with Crippen LogP contribution in [0.1, 0.15) is 24.8 Å². The number of nitrogens with zero attached hydrogens (tertiary/aromatic N) is 3. The molecule has 2 N–H and O–H groups in total. The Morgan fingerprint density at radius 3 is 2.67 bits per heavy atom. The van der Waals surface area contributed by atoms with Gasteiger partial charge in [0, 0.05) is 30.6 Å². The fourth-order valence-corrected chi connectivity index (χ4v) is 4.14. The maximum Gasteiger partial charge on any atom is 0.290 e. The quantitative estimate of drug-likeness (QED) is 0.768. The van der Waals surface area contributed by atoms with Crippen molar-refractivity contribution in [2.45, 2.75) is 24.7 Å². The Morgan fingerprint density at radius 2 is 2.00 bits per heavy atom. The SMILES string of the molecule is O=C1CC2(CCN(c3nncs3)CC2)c2ccccc2N1.O=CO. The zero-order chi connectivity index (χ0) is 17.0. The van der Waals surface area contributed by atoms with E-state index in [2.05, 4.69) is 32.5 Å². The average Bonchev–Trinajstić information content (AvgIpc) is 3.11. The maximum absolute atomic E-state index is 12.1. The third kappa shape index (κ3) is 3.09. The number of benzene rings is 1. The van der Waals surface area contributed by atoms with Gasteiger partial charge >= 0.3 is 0 Å².